The van der Waals surface area contributed by atoms with Crippen molar-refractivity contribution in [2.75, 3.05) is 11.5 Å². The molecule has 0 radical (unpaired) electrons. The molecule has 0 spiro atoms. The van der Waals surface area contributed by atoms with E-state index in [0.29, 0.717) is 13.0 Å². The van der Waals surface area contributed by atoms with E-state index in [1.165, 1.54) is 11.1 Å². The summed E-state index contributed by atoms with van der Waals surface area (Å²) in [5.41, 5.74) is 4.83. The number of hydrogen-bond acceptors (Lipinski definition) is 3. The Morgan fingerprint density at radius 2 is 1.31 bits per heavy atom. The molecule has 29 heavy (non-hydrogen) atoms. The zero-order valence-electron chi connectivity index (χ0n) is 17.3. The van der Waals surface area contributed by atoms with Crippen molar-refractivity contribution in [3.8, 4) is 0 Å². The molecule has 3 nitrogen and oxygen atoms in total. The van der Waals surface area contributed by atoms with Gasteiger partial charge in [-0.3, -0.25) is 4.79 Å². The van der Waals surface area contributed by atoms with Crippen molar-refractivity contribution in [1.29, 1.82) is 0 Å². The molecule has 0 aliphatic rings. The molecule has 150 valence electrons. The van der Waals surface area contributed by atoms with Crippen LogP contribution in [0.15, 0.2) is 84.9 Å². The lowest BCUT2D eigenvalue weighted by atomic mass is 10.0. The van der Waals surface area contributed by atoms with Gasteiger partial charge in [-0.1, -0.05) is 72.8 Å². The highest BCUT2D eigenvalue weighted by atomic mass is 16.5. The number of carbonyl (C=O) groups excluding carboxylic acids is 1. The summed E-state index contributed by atoms with van der Waals surface area (Å²) < 4.78 is 5.58. The fourth-order valence-electron chi connectivity index (χ4n) is 3.42. The molecule has 0 aliphatic heterocycles. The van der Waals surface area contributed by atoms with Crippen molar-refractivity contribution >= 4 is 11.5 Å². The summed E-state index contributed by atoms with van der Waals surface area (Å²) >= 11 is 0. The first kappa shape index (κ1) is 20.8. The van der Waals surface area contributed by atoms with E-state index in [-0.39, 0.29) is 11.9 Å². The second-order valence-corrected chi connectivity index (χ2v) is 7.25. The van der Waals surface area contributed by atoms with Crippen LogP contribution in [0.4, 0.5) is 5.69 Å². The molecule has 0 N–H and O–H groups in total. The smallest absolute Gasteiger partial charge is 0.158 e. The summed E-state index contributed by atoms with van der Waals surface area (Å²) in [6.07, 6.45) is 0.247. The molecule has 0 bridgehead atoms. The lowest BCUT2D eigenvalue weighted by Gasteiger charge is -2.26. The van der Waals surface area contributed by atoms with E-state index in [1.54, 1.807) is 6.92 Å². The SMILES string of the molecule is CCO[C@@H](Cc1ccc(N(Cc2ccccc2)Cc2ccccc2)cc1)C(C)=O. The standard InChI is InChI=1S/C26H29NO2/c1-3-29-26(21(2)28)18-22-14-16-25(17-15-22)27(19-23-10-6-4-7-11-23)20-24-12-8-5-9-13-24/h4-17,26H,3,18-20H2,1-2H3/t26-/m0/s1. The highest BCUT2D eigenvalue weighted by molar-refractivity contribution is 5.80. The molecule has 0 unspecified atom stereocenters. The average Bonchev–Trinajstić information content (AvgIpc) is 2.75. The summed E-state index contributed by atoms with van der Waals surface area (Å²) in [6.45, 7) is 5.73. The molecule has 0 saturated carbocycles. The van der Waals surface area contributed by atoms with Crippen LogP contribution in [-0.4, -0.2) is 18.5 Å². The van der Waals surface area contributed by atoms with E-state index >= 15 is 0 Å². The van der Waals surface area contributed by atoms with Crippen molar-refractivity contribution in [3.05, 3.63) is 102 Å². The van der Waals surface area contributed by atoms with E-state index in [9.17, 15) is 4.79 Å². The number of carbonyl (C=O) groups is 1. The average molecular weight is 388 g/mol. The van der Waals surface area contributed by atoms with Crippen molar-refractivity contribution in [3.63, 3.8) is 0 Å². The monoisotopic (exact) mass is 387 g/mol. The zero-order valence-corrected chi connectivity index (χ0v) is 17.3. The molecule has 0 saturated heterocycles. The van der Waals surface area contributed by atoms with Gasteiger partial charge in [-0.15, -0.1) is 0 Å². The number of hydrogen-bond donors (Lipinski definition) is 0. The van der Waals surface area contributed by atoms with Crippen LogP contribution in [-0.2, 0) is 29.0 Å². The van der Waals surface area contributed by atoms with Gasteiger partial charge in [0.15, 0.2) is 5.78 Å². The number of ketones is 1. The second kappa shape index (κ2) is 10.6. The van der Waals surface area contributed by atoms with Gasteiger partial charge in [0.05, 0.1) is 0 Å². The number of anilines is 1. The molecule has 0 aliphatic carbocycles. The Kier molecular flexibility index (Phi) is 7.60. The van der Waals surface area contributed by atoms with Gasteiger partial charge >= 0.3 is 0 Å². The van der Waals surface area contributed by atoms with E-state index in [2.05, 4.69) is 77.7 Å². The highest BCUT2D eigenvalue weighted by Crippen LogP contribution is 2.22. The molecular formula is C26H29NO2. The normalized spacial score (nSPS) is 11.8. The Balaban J connectivity index is 1.78. The van der Waals surface area contributed by atoms with Gasteiger partial charge in [0.25, 0.3) is 0 Å². The van der Waals surface area contributed by atoms with Crippen LogP contribution in [0, 0.1) is 0 Å². The number of rotatable bonds is 10. The third-order valence-corrected chi connectivity index (χ3v) is 4.98. The van der Waals surface area contributed by atoms with Crippen molar-refractivity contribution in [2.45, 2.75) is 39.5 Å². The largest absolute Gasteiger partial charge is 0.370 e. The number of benzene rings is 3. The molecule has 0 aromatic heterocycles. The summed E-state index contributed by atoms with van der Waals surface area (Å²) in [5.74, 6) is 0.0747. The van der Waals surface area contributed by atoms with Crippen LogP contribution in [0.5, 0.6) is 0 Å². The van der Waals surface area contributed by atoms with Gasteiger partial charge in [0, 0.05) is 31.8 Å². The number of ether oxygens (including phenoxy) is 1. The first-order valence-corrected chi connectivity index (χ1v) is 10.2. The van der Waals surface area contributed by atoms with Crippen molar-refractivity contribution < 1.29 is 9.53 Å². The van der Waals surface area contributed by atoms with Crippen LogP contribution in [0.2, 0.25) is 0 Å². The lowest BCUT2D eigenvalue weighted by molar-refractivity contribution is -0.127. The quantitative estimate of drug-likeness (QED) is 0.464. The van der Waals surface area contributed by atoms with Gasteiger partial charge in [-0.05, 0) is 42.7 Å². The Bertz CT molecular complexity index is 834. The van der Waals surface area contributed by atoms with E-state index < -0.39 is 0 Å². The van der Waals surface area contributed by atoms with Crippen LogP contribution in [0.3, 0.4) is 0 Å². The minimum Gasteiger partial charge on any atom is -0.370 e. The molecular weight excluding hydrogens is 358 g/mol. The maximum absolute atomic E-state index is 11.8. The van der Waals surface area contributed by atoms with Crippen LogP contribution in [0.25, 0.3) is 0 Å². The van der Waals surface area contributed by atoms with E-state index in [0.717, 1.165) is 24.3 Å². The summed E-state index contributed by atoms with van der Waals surface area (Å²) in [7, 11) is 0. The third-order valence-electron chi connectivity index (χ3n) is 4.98. The molecule has 0 heterocycles. The third kappa shape index (κ3) is 6.30. The first-order valence-electron chi connectivity index (χ1n) is 10.2. The molecule has 3 heteroatoms. The maximum Gasteiger partial charge on any atom is 0.158 e. The highest BCUT2D eigenvalue weighted by Gasteiger charge is 2.15. The van der Waals surface area contributed by atoms with Gasteiger partial charge < -0.3 is 9.64 Å². The fourth-order valence-corrected chi connectivity index (χ4v) is 3.42. The Morgan fingerprint density at radius 1 is 0.793 bits per heavy atom. The van der Waals surface area contributed by atoms with Crippen molar-refractivity contribution in [1.82, 2.24) is 0 Å². The fraction of sp³-hybridized carbons (Fsp3) is 0.269. The van der Waals surface area contributed by atoms with Gasteiger partial charge in [0.1, 0.15) is 6.10 Å². The van der Waals surface area contributed by atoms with E-state index in [4.69, 9.17) is 4.74 Å². The van der Waals surface area contributed by atoms with E-state index in [1.807, 2.05) is 19.1 Å². The Labute approximate surface area is 174 Å². The number of Topliss-reactive ketones (excluding diaryl/α,β-unsaturated/α-hetero) is 1. The van der Waals surface area contributed by atoms with Gasteiger partial charge in [-0.25, -0.2) is 0 Å². The molecule has 0 amide bonds. The molecule has 3 aromatic rings. The minimum atomic E-state index is -0.365. The first-order chi connectivity index (χ1) is 14.2. The summed E-state index contributed by atoms with van der Waals surface area (Å²) in [6, 6.07) is 29.5. The van der Waals surface area contributed by atoms with Crippen molar-refractivity contribution in [2.24, 2.45) is 0 Å². The molecule has 3 aromatic carbocycles. The maximum atomic E-state index is 11.8. The molecule has 1 atom stereocenters. The van der Waals surface area contributed by atoms with Crippen LogP contribution in [0.1, 0.15) is 30.5 Å². The predicted molar refractivity (Wildman–Crippen MR) is 119 cm³/mol. The second-order valence-electron chi connectivity index (χ2n) is 7.25. The Morgan fingerprint density at radius 3 is 1.76 bits per heavy atom. The summed E-state index contributed by atoms with van der Waals surface area (Å²) in [4.78, 5) is 14.2. The van der Waals surface area contributed by atoms with Gasteiger partial charge in [0.2, 0.25) is 0 Å². The minimum absolute atomic E-state index is 0.0747. The summed E-state index contributed by atoms with van der Waals surface area (Å²) in [5, 5.41) is 0. The predicted octanol–water partition coefficient (Wildman–Crippen LogP) is 5.43. The lowest BCUT2D eigenvalue weighted by Crippen LogP contribution is -2.24. The number of nitrogens with zero attached hydrogens (tertiary/aromatic N) is 1. The Hall–Kier alpha value is -2.91. The molecule has 3 rings (SSSR count). The topological polar surface area (TPSA) is 29.5 Å². The zero-order chi connectivity index (χ0) is 20.5. The molecule has 0 fully saturated rings. The van der Waals surface area contributed by atoms with Gasteiger partial charge in [-0.2, -0.15) is 0 Å². The van der Waals surface area contributed by atoms with Crippen LogP contribution >= 0.6 is 0 Å². The van der Waals surface area contributed by atoms with Crippen LogP contribution < -0.4 is 4.90 Å².